The number of ether oxygens (including phenoxy) is 1. The quantitative estimate of drug-likeness (QED) is 0.765. The number of hydrogen-bond acceptors (Lipinski definition) is 3. The van der Waals surface area contributed by atoms with Crippen LogP contribution in [-0.2, 0) is 0 Å². The van der Waals surface area contributed by atoms with Crippen molar-refractivity contribution in [2.24, 2.45) is 0 Å². The molecular weight excluding hydrogens is 336 g/mol. The van der Waals surface area contributed by atoms with Gasteiger partial charge in [-0.3, -0.25) is 0 Å². The summed E-state index contributed by atoms with van der Waals surface area (Å²) in [5, 5.41) is 10.2. The molecule has 0 saturated carbocycles. The van der Waals surface area contributed by atoms with E-state index in [9.17, 15) is 5.11 Å². The molecule has 4 heteroatoms. The maximum Gasteiger partial charge on any atom is 0.119 e. The lowest BCUT2D eigenvalue weighted by Crippen LogP contribution is -2.00. The van der Waals surface area contributed by atoms with E-state index in [0.29, 0.717) is 12.4 Å². The van der Waals surface area contributed by atoms with Crippen molar-refractivity contribution in [3.63, 3.8) is 0 Å². The Hall–Kier alpha value is -0.970. The fourth-order valence-corrected chi connectivity index (χ4v) is 3.26. The average Bonchev–Trinajstić information content (AvgIpc) is 2.46. The maximum absolute atomic E-state index is 10.2. The molecule has 1 unspecified atom stereocenters. The van der Waals surface area contributed by atoms with Gasteiger partial charge in [-0.25, -0.2) is 0 Å². The number of aliphatic hydroxyl groups is 1. The molecule has 0 radical (unpaired) electrons. The number of aliphatic hydroxyl groups excluding tert-OH is 1. The number of benzene rings is 2. The van der Waals surface area contributed by atoms with Gasteiger partial charge in [-0.2, -0.15) is 0 Å². The van der Waals surface area contributed by atoms with Crippen LogP contribution in [0, 0.1) is 0 Å². The smallest absolute Gasteiger partial charge is 0.119 e. The Kier molecular flexibility index (Phi) is 5.95. The van der Waals surface area contributed by atoms with E-state index in [1.807, 2.05) is 49.4 Å². The molecule has 0 fully saturated rings. The molecule has 2 nitrogen and oxygen atoms in total. The zero-order valence-corrected chi connectivity index (χ0v) is 13.7. The van der Waals surface area contributed by atoms with Crippen LogP contribution in [-0.4, -0.2) is 17.5 Å². The maximum atomic E-state index is 10.2. The van der Waals surface area contributed by atoms with E-state index in [0.717, 1.165) is 20.7 Å². The molecule has 0 bridgehead atoms. The Labute approximate surface area is 132 Å². The van der Waals surface area contributed by atoms with Crippen molar-refractivity contribution in [1.29, 1.82) is 0 Å². The summed E-state index contributed by atoms with van der Waals surface area (Å²) in [5.41, 5.74) is 0.913. The third kappa shape index (κ3) is 4.54. The van der Waals surface area contributed by atoms with Gasteiger partial charge in [-0.15, -0.1) is 11.8 Å². The molecule has 0 aliphatic rings. The van der Waals surface area contributed by atoms with Crippen LogP contribution in [0.1, 0.15) is 18.6 Å². The molecule has 2 rings (SSSR count). The Morgan fingerprint density at radius 1 is 1.20 bits per heavy atom. The molecule has 0 spiro atoms. The average molecular weight is 353 g/mol. The Balaban J connectivity index is 1.92. The van der Waals surface area contributed by atoms with Crippen molar-refractivity contribution in [2.45, 2.75) is 17.9 Å². The van der Waals surface area contributed by atoms with Gasteiger partial charge in [0.1, 0.15) is 5.75 Å². The topological polar surface area (TPSA) is 29.5 Å². The highest BCUT2D eigenvalue weighted by Crippen LogP contribution is 2.27. The van der Waals surface area contributed by atoms with Crippen LogP contribution in [0.4, 0.5) is 0 Å². The highest BCUT2D eigenvalue weighted by Gasteiger charge is 2.08. The van der Waals surface area contributed by atoms with Gasteiger partial charge < -0.3 is 9.84 Å². The molecule has 20 heavy (non-hydrogen) atoms. The fraction of sp³-hybridized carbons (Fsp3) is 0.250. The molecule has 106 valence electrons. The molecule has 0 amide bonds. The molecule has 1 atom stereocenters. The van der Waals surface area contributed by atoms with Crippen molar-refractivity contribution in [3.05, 3.63) is 58.6 Å². The molecule has 2 aromatic carbocycles. The van der Waals surface area contributed by atoms with E-state index in [4.69, 9.17) is 4.74 Å². The first-order chi connectivity index (χ1) is 9.69. The first kappa shape index (κ1) is 15.4. The lowest BCUT2D eigenvalue weighted by atomic mass is 10.1. The third-order valence-electron chi connectivity index (χ3n) is 2.78. The normalized spacial score (nSPS) is 12.2. The van der Waals surface area contributed by atoms with Crippen LogP contribution in [0.2, 0.25) is 0 Å². The number of thioether (sulfide) groups is 1. The van der Waals surface area contributed by atoms with Crippen molar-refractivity contribution < 1.29 is 9.84 Å². The summed E-state index contributed by atoms with van der Waals surface area (Å²) in [6.45, 7) is 2.61. The van der Waals surface area contributed by atoms with Gasteiger partial charge in [0, 0.05) is 15.1 Å². The predicted molar refractivity (Wildman–Crippen MR) is 87.4 cm³/mol. The Morgan fingerprint density at radius 2 is 1.95 bits per heavy atom. The SMILES string of the molecule is CCOc1ccc(C(O)CSc2cccc(Br)c2)cc1. The monoisotopic (exact) mass is 352 g/mol. The van der Waals surface area contributed by atoms with E-state index in [-0.39, 0.29) is 0 Å². The van der Waals surface area contributed by atoms with Gasteiger partial charge in [0.05, 0.1) is 12.7 Å². The first-order valence-electron chi connectivity index (χ1n) is 6.48. The minimum absolute atomic E-state index is 0.477. The first-order valence-corrected chi connectivity index (χ1v) is 8.26. The minimum atomic E-state index is -0.477. The van der Waals surface area contributed by atoms with Crippen LogP contribution < -0.4 is 4.74 Å². The van der Waals surface area contributed by atoms with Gasteiger partial charge >= 0.3 is 0 Å². The molecular formula is C16H17BrO2S. The van der Waals surface area contributed by atoms with E-state index < -0.39 is 6.10 Å². The van der Waals surface area contributed by atoms with Crippen molar-refractivity contribution in [2.75, 3.05) is 12.4 Å². The predicted octanol–water partition coefficient (Wildman–Crippen LogP) is 4.67. The van der Waals surface area contributed by atoms with Crippen LogP contribution in [0.15, 0.2) is 57.9 Å². The van der Waals surface area contributed by atoms with Gasteiger partial charge in [0.15, 0.2) is 0 Å². The molecule has 1 N–H and O–H groups in total. The Morgan fingerprint density at radius 3 is 2.60 bits per heavy atom. The highest BCUT2D eigenvalue weighted by atomic mass is 79.9. The third-order valence-corrected chi connectivity index (χ3v) is 4.34. The van der Waals surface area contributed by atoms with Crippen LogP contribution in [0.5, 0.6) is 5.75 Å². The summed E-state index contributed by atoms with van der Waals surface area (Å²) < 4.78 is 6.44. The van der Waals surface area contributed by atoms with E-state index in [1.54, 1.807) is 11.8 Å². The zero-order chi connectivity index (χ0) is 14.4. The number of hydrogen-bond donors (Lipinski definition) is 1. The summed E-state index contributed by atoms with van der Waals surface area (Å²) in [6.07, 6.45) is -0.477. The number of halogens is 1. The van der Waals surface area contributed by atoms with Crippen LogP contribution in [0.3, 0.4) is 0 Å². The van der Waals surface area contributed by atoms with Gasteiger partial charge in [-0.1, -0.05) is 34.1 Å². The van der Waals surface area contributed by atoms with E-state index in [2.05, 4.69) is 22.0 Å². The molecule has 0 aliphatic heterocycles. The van der Waals surface area contributed by atoms with E-state index in [1.165, 1.54) is 0 Å². The minimum Gasteiger partial charge on any atom is -0.494 e. The van der Waals surface area contributed by atoms with Crippen molar-refractivity contribution in [3.8, 4) is 5.75 Å². The molecule has 0 aliphatic carbocycles. The van der Waals surface area contributed by atoms with Gasteiger partial charge in [0.25, 0.3) is 0 Å². The van der Waals surface area contributed by atoms with Crippen molar-refractivity contribution >= 4 is 27.7 Å². The van der Waals surface area contributed by atoms with Crippen LogP contribution in [0.25, 0.3) is 0 Å². The zero-order valence-electron chi connectivity index (χ0n) is 11.3. The second kappa shape index (κ2) is 7.72. The second-order valence-corrected chi connectivity index (χ2v) is 6.30. The second-order valence-electron chi connectivity index (χ2n) is 4.29. The standard InChI is InChI=1S/C16H17BrO2S/c1-2-19-14-8-6-12(7-9-14)16(18)11-20-15-5-3-4-13(17)10-15/h3-10,16,18H,2,11H2,1H3. The summed E-state index contributed by atoms with van der Waals surface area (Å²) in [5.74, 6) is 1.47. The summed E-state index contributed by atoms with van der Waals surface area (Å²) in [7, 11) is 0. The lowest BCUT2D eigenvalue weighted by molar-refractivity contribution is 0.204. The summed E-state index contributed by atoms with van der Waals surface area (Å²) in [6, 6.07) is 15.7. The summed E-state index contributed by atoms with van der Waals surface area (Å²) >= 11 is 5.09. The fourth-order valence-electron chi connectivity index (χ4n) is 1.78. The lowest BCUT2D eigenvalue weighted by Gasteiger charge is -2.11. The molecule has 0 aromatic heterocycles. The molecule has 0 saturated heterocycles. The molecule has 2 aromatic rings. The van der Waals surface area contributed by atoms with Crippen molar-refractivity contribution in [1.82, 2.24) is 0 Å². The largest absolute Gasteiger partial charge is 0.494 e. The van der Waals surface area contributed by atoms with Gasteiger partial charge in [0.2, 0.25) is 0 Å². The summed E-state index contributed by atoms with van der Waals surface area (Å²) in [4.78, 5) is 1.14. The number of rotatable bonds is 6. The molecule has 0 heterocycles. The Bertz CT molecular complexity index is 542. The van der Waals surface area contributed by atoms with Crippen LogP contribution >= 0.6 is 27.7 Å². The van der Waals surface area contributed by atoms with E-state index >= 15 is 0 Å². The highest BCUT2D eigenvalue weighted by molar-refractivity contribution is 9.10. The van der Waals surface area contributed by atoms with Gasteiger partial charge in [-0.05, 0) is 42.8 Å².